The maximum Gasteiger partial charge on any atom is 0.343 e. The minimum absolute atomic E-state index is 0.0186. The Morgan fingerprint density at radius 2 is 0.771 bits per heavy atom. The molecule has 96 heavy (non-hydrogen) atoms. The van der Waals surface area contributed by atoms with Gasteiger partial charge in [0.15, 0.2) is 23.1 Å². The van der Waals surface area contributed by atoms with Crippen LogP contribution >= 0.6 is 0 Å². The fourth-order valence-electron chi connectivity index (χ4n) is 10.9. The number of ether oxygens (including phenoxy) is 4. The predicted molar refractivity (Wildman–Crippen MR) is 330 cm³/mol. The molecule has 474 valence electrons. The van der Waals surface area contributed by atoms with Gasteiger partial charge in [-0.25, -0.2) is 14.4 Å². The summed E-state index contributed by atoms with van der Waals surface area (Å²) in [6, 6.07) is 37.9. The number of amides is 8. The summed E-state index contributed by atoms with van der Waals surface area (Å²) in [5.41, 5.74) is 4.03. The second-order valence-electron chi connectivity index (χ2n) is 22.2. The van der Waals surface area contributed by atoms with E-state index < -0.39 is 96.6 Å². The van der Waals surface area contributed by atoms with E-state index in [0.29, 0.717) is 23.1 Å². The molecule has 0 saturated carbocycles. The van der Waals surface area contributed by atoms with E-state index in [1.807, 2.05) is 48.5 Å². The zero-order chi connectivity index (χ0) is 67.8. The number of ketones is 4. The number of allylic oxidation sites excluding steroid dienone is 4. The summed E-state index contributed by atoms with van der Waals surface area (Å²) >= 11 is 0. The second kappa shape index (κ2) is 25.9. The van der Waals surface area contributed by atoms with Gasteiger partial charge in [0, 0.05) is 29.9 Å². The average Bonchev–Trinajstić information content (AvgIpc) is 1.62. The zero-order valence-corrected chi connectivity index (χ0v) is 49.9. The van der Waals surface area contributed by atoms with E-state index in [1.54, 1.807) is 6.92 Å². The van der Waals surface area contributed by atoms with E-state index in [0.717, 1.165) is 55.0 Å². The number of hydrogen-bond donors (Lipinski definition) is 1. The number of carbonyl (C=O) groups is 15. The molecule has 0 saturated heterocycles. The lowest BCUT2D eigenvalue weighted by Crippen LogP contribution is -2.43. The lowest BCUT2D eigenvalue weighted by molar-refractivity contribution is -0.139. The first-order valence-corrected chi connectivity index (χ1v) is 29.2. The SMILES string of the molecule is Cc1cc(OC(=O)c2ccc(OC(O)c3ccc4c(c3)C(=O)N(CN3C(=O)C=CC3=O)C4=O)cc2)ccc1OC(=O)c1ccc(OC(=O)c2ccc3c(c2)C(=O)N(CN2C(=O)C=CC2=O)C3=O)cc1.O=C1C=CC(=O)C1c1ccc(Cc2ccc(C3C(=O)C=CC3=O)cc2)cc1. The molecule has 0 fully saturated rings. The van der Waals surface area contributed by atoms with Crippen LogP contribution in [0.25, 0.3) is 0 Å². The van der Waals surface area contributed by atoms with Gasteiger partial charge in [-0.15, -0.1) is 0 Å². The fraction of sp³-hybridized carbons (Fsp3) is 0.0972. The average molecular weight is 1290 g/mol. The Morgan fingerprint density at radius 3 is 1.24 bits per heavy atom. The Hall–Kier alpha value is -13.1. The molecule has 1 atom stereocenters. The first-order chi connectivity index (χ1) is 46.1. The number of aliphatic hydroxyl groups excluding tert-OH is 1. The van der Waals surface area contributed by atoms with Gasteiger partial charge in [0.25, 0.3) is 47.3 Å². The number of carbonyl (C=O) groups excluding carboxylic acids is 15. The Kier molecular flexibility index (Phi) is 17.0. The van der Waals surface area contributed by atoms with Crippen LogP contribution in [-0.4, -0.2) is 126 Å². The van der Waals surface area contributed by atoms with Crippen LogP contribution in [-0.2, 0) is 44.8 Å². The van der Waals surface area contributed by atoms with Gasteiger partial charge in [-0.1, -0.05) is 54.6 Å². The number of hydrogen-bond acceptors (Lipinski definition) is 20. The van der Waals surface area contributed by atoms with E-state index in [1.165, 1.54) is 127 Å². The highest BCUT2D eigenvalue weighted by atomic mass is 16.6. The lowest BCUT2D eigenvalue weighted by atomic mass is 9.92. The number of benzene rings is 7. The molecule has 0 aromatic heterocycles. The number of aliphatic hydroxyl groups is 1. The largest absolute Gasteiger partial charge is 0.461 e. The van der Waals surface area contributed by atoms with Gasteiger partial charge in [0.1, 0.15) is 48.2 Å². The highest BCUT2D eigenvalue weighted by Gasteiger charge is 2.42. The van der Waals surface area contributed by atoms with Crippen molar-refractivity contribution in [2.75, 3.05) is 13.3 Å². The maximum absolute atomic E-state index is 13.1. The van der Waals surface area contributed by atoms with Gasteiger partial charge in [0.2, 0.25) is 6.29 Å². The van der Waals surface area contributed by atoms with Crippen LogP contribution in [0.3, 0.4) is 0 Å². The monoisotopic (exact) mass is 1290 g/mol. The number of fused-ring (bicyclic) bond motifs is 2. The van der Waals surface area contributed by atoms with E-state index >= 15 is 0 Å². The van der Waals surface area contributed by atoms with Crippen molar-refractivity contribution in [3.8, 4) is 23.0 Å². The molecule has 4 heterocycles. The molecule has 7 aromatic carbocycles. The lowest BCUT2D eigenvalue weighted by Gasteiger charge is -2.20. The third-order valence-electron chi connectivity index (χ3n) is 16.0. The zero-order valence-electron chi connectivity index (χ0n) is 49.9. The summed E-state index contributed by atoms with van der Waals surface area (Å²) in [6.45, 7) is 0.463. The van der Waals surface area contributed by atoms with Crippen molar-refractivity contribution in [2.24, 2.45) is 0 Å². The van der Waals surface area contributed by atoms with Gasteiger partial charge in [-0.05, 0) is 163 Å². The number of rotatable bonds is 17. The predicted octanol–water partition coefficient (Wildman–Crippen LogP) is 6.54. The van der Waals surface area contributed by atoms with Gasteiger partial charge in [-0.3, -0.25) is 77.1 Å². The quantitative estimate of drug-likeness (QED) is 0.0332. The van der Waals surface area contributed by atoms with Crippen molar-refractivity contribution in [1.82, 2.24) is 19.6 Å². The van der Waals surface area contributed by atoms with Crippen molar-refractivity contribution in [1.29, 1.82) is 0 Å². The van der Waals surface area contributed by atoms with Gasteiger partial charge in [-0.2, -0.15) is 0 Å². The van der Waals surface area contributed by atoms with Crippen LogP contribution in [0.4, 0.5) is 0 Å². The van der Waals surface area contributed by atoms with Gasteiger partial charge >= 0.3 is 17.9 Å². The first kappa shape index (κ1) is 63.1. The number of nitrogens with zero attached hydrogens (tertiary/aromatic N) is 4. The van der Waals surface area contributed by atoms with E-state index in [2.05, 4.69) is 0 Å². The molecule has 0 spiro atoms. The summed E-state index contributed by atoms with van der Waals surface area (Å²) in [5.74, 6) is -9.74. The molecule has 2 aliphatic carbocycles. The highest BCUT2D eigenvalue weighted by molar-refractivity contribution is 6.25. The van der Waals surface area contributed by atoms with Gasteiger partial charge in [0.05, 0.1) is 38.9 Å². The Morgan fingerprint density at radius 1 is 0.385 bits per heavy atom. The molecule has 4 aliphatic heterocycles. The number of aryl methyl sites for hydroxylation is 1. The molecule has 0 radical (unpaired) electrons. The summed E-state index contributed by atoms with van der Waals surface area (Å²) < 4.78 is 22.1. The molecular formula is C72H46N4O20. The summed E-state index contributed by atoms with van der Waals surface area (Å²) in [7, 11) is 0. The molecular weight excluding hydrogens is 1240 g/mol. The van der Waals surface area contributed by atoms with Crippen molar-refractivity contribution in [3.05, 3.63) is 273 Å². The molecule has 6 aliphatic rings. The van der Waals surface area contributed by atoms with Crippen LogP contribution < -0.4 is 18.9 Å². The molecule has 1 unspecified atom stereocenters. The highest BCUT2D eigenvalue weighted by Crippen LogP contribution is 2.33. The van der Waals surface area contributed by atoms with E-state index in [-0.39, 0.29) is 90.6 Å². The maximum atomic E-state index is 13.1. The van der Waals surface area contributed by atoms with Crippen LogP contribution in [0.15, 0.2) is 200 Å². The summed E-state index contributed by atoms with van der Waals surface area (Å²) in [5, 5.41) is 10.8. The normalized spacial score (nSPS) is 15.9. The molecule has 24 nitrogen and oxygen atoms in total. The van der Waals surface area contributed by atoms with E-state index in [4.69, 9.17) is 18.9 Å². The summed E-state index contributed by atoms with van der Waals surface area (Å²) in [4.78, 5) is 189. The topological polar surface area (TPSA) is 326 Å². The number of imide groups is 4. The second-order valence-corrected chi connectivity index (χ2v) is 22.2. The van der Waals surface area contributed by atoms with Crippen LogP contribution in [0.5, 0.6) is 23.0 Å². The first-order valence-electron chi connectivity index (χ1n) is 29.2. The minimum Gasteiger partial charge on any atom is -0.461 e. The van der Waals surface area contributed by atoms with E-state index in [9.17, 15) is 77.0 Å². The van der Waals surface area contributed by atoms with Crippen LogP contribution in [0.1, 0.15) is 124 Å². The minimum atomic E-state index is -1.60. The van der Waals surface area contributed by atoms with Crippen molar-refractivity contribution in [2.45, 2.75) is 31.5 Å². The van der Waals surface area contributed by atoms with Crippen molar-refractivity contribution >= 4 is 88.3 Å². The third-order valence-corrected chi connectivity index (χ3v) is 16.0. The molecule has 7 aromatic rings. The number of esters is 3. The van der Waals surface area contributed by atoms with Crippen LogP contribution in [0.2, 0.25) is 0 Å². The standard InChI is InChI=1S/C49H30N4O16.C23H16O4/c1-25-20-32(68-46(62)26-2-8-30(9-3-26)66-48(64)28-6-13-33-35(21-28)44(60)52(42(33)58)23-50-38(54)16-17-39(50)55)12-15-37(25)69-47(63)27-4-10-31(11-5-27)67-49(65)29-7-14-34-36(22-29)45(61)53(43(34)59)24-51-40(56)18-19-41(51)57;24-18-9-10-19(25)22(18)16-5-1-14(2-6-16)13-15-3-7-17(8-4-15)23-20(26)11-12-21(23)27/h2-22,48,64H,23-24H2,1H3;1-12,22-23H,13H2. The smallest absolute Gasteiger partial charge is 0.343 e. The molecule has 24 heteroatoms. The fourth-order valence-corrected chi connectivity index (χ4v) is 10.9. The Bertz CT molecular complexity index is 4600. The molecule has 13 rings (SSSR count). The molecule has 0 bridgehead atoms. The molecule has 1 N–H and O–H groups in total. The van der Waals surface area contributed by atoms with Gasteiger partial charge < -0.3 is 24.1 Å². The Balaban J connectivity index is 0.000000271. The van der Waals surface area contributed by atoms with Crippen molar-refractivity contribution in [3.63, 3.8) is 0 Å². The Labute approximate surface area is 542 Å². The summed E-state index contributed by atoms with van der Waals surface area (Å²) in [6.07, 6.45) is 8.51. The molecule has 8 amide bonds. The van der Waals surface area contributed by atoms with Crippen LogP contribution in [0, 0.1) is 6.92 Å². The third kappa shape index (κ3) is 12.7. The van der Waals surface area contributed by atoms with Crippen molar-refractivity contribution < 1.29 is 96.0 Å².